The summed E-state index contributed by atoms with van der Waals surface area (Å²) in [4.78, 5) is 30.0. The summed E-state index contributed by atoms with van der Waals surface area (Å²) < 4.78 is 0. The number of ketones is 1. The van der Waals surface area contributed by atoms with Crippen molar-refractivity contribution in [3.8, 4) is 5.75 Å². The van der Waals surface area contributed by atoms with Crippen LogP contribution in [-0.4, -0.2) is 34.2 Å². The number of alkyl halides is 1. The number of anilines is 1. The number of H-pyrrole nitrogens is 1. The van der Waals surface area contributed by atoms with Crippen LogP contribution in [0, 0.1) is 14.4 Å². The van der Waals surface area contributed by atoms with Crippen LogP contribution in [0.2, 0.25) is 0 Å². The summed E-state index contributed by atoms with van der Waals surface area (Å²) in [5.74, 6) is 0.278. The molecular weight excluding hydrogens is 513 g/mol. The fourth-order valence-electron chi connectivity index (χ4n) is 4.63. The van der Waals surface area contributed by atoms with E-state index < -0.39 is 0 Å². The van der Waals surface area contributed by atoms with Crippen LogP contribution in [0.25, 0.3) is 21.7 Å². The Labute approximate surface area is 223 Å². The van der Waals surface area contributed by atoms with E-state index in [1.807, 2.05) is 31.2 Å². The van der Waals surface area contributed by atoms with Gasteiger partial charge in [-0.2, -0.15) is 0 Å². The molecule has 33 heavy (non-hydrogen) atoms. The molecule has 2 N–H and O–H groups in total. The van der Waals surface area contributed by atoms with Gasteiger partial charge in [-0.05, 0) is 54.6 Å². The average Bonchev–Trinajstić information content (AvgIpc) is 3.34. The Bertz CT molecular complexity index is 1400. The van der Waals surface area contributed by atoms with Gasteiger partial charge in [-0.15, -0.1) is 11.6 Å². The van der Waals surface area contributed by atoms with Crippen molar-refractivity contribution in [3.63, 3.8) is 0 Å². The Morgan fingerprint density at radius 1 is 1.18 bits per heavy atom. The molecule has 1 atom stereocenters. The molecule has 7 heteroatoms. The van der Waals surface area contributed by atoms with E-state index in [0.717, 1.165) is 32.8 Å². The fourth-order valence-corrected chi connectivity index (χ4v) is 4.88. The maximum Gasteiger partial charge on any atom is 0.274 e. The summed E-state index contributed by atoms with van der Waals surface area (Å²) in [5.41, 5.74) is 4.56. The summed E-state index contributed by atoms with van der Waals surface area (Å²) in [5, 5.41) is 13.2. The molecule has 1 aliphatic heterocycles. The molecule has 0 unspecified atom stereocenters. The number of hydrogen-bond donors (Lipinski definition) is 2. The average molecular weight is 537 g/mol. The molecule has 1 amide bonds. The van der Waals surface area contributed by atoms with Crippen molar-refractivity contribution in [1.82, 2.24) is 4.98 Å². The van der Waals surface area contributed by atoms with Gasteiger partial charge in [-0.25, -0.2) is 0 Å². The second kappa shape index (κ2) is 9.57. The van der Waals surface area contributed by atoms with E-state index in [1.165, 1.54) is 6.92 Å². The number of phenols is 1. The van der Waals surface area contributed by atoms with E-state index in [9.17, 15) is 14.7 Å². The molecule has 0 saturated heterocycles. The van der Waals surface area contributed by atoms with Crippen LogP contribution in [0.4, 0.5) is 5.69 Å². The minimum absolute atomic E-state index is 0. The van der Waals surface area contributed by atoms with Crippen molar-refractivity contribution in [2.75, 3.05) is 17.3 Å². The minimum Gasteiger partial charge on any atom is -0.507 e. The third-order valence-electron chi connectivity index (χ3n) is 6.16. The molecule has 1 aliphatic rings. The predicted octanol–water partition coefficient (Wildman–Crippen LogP) is 5.97. The molecule has 0 spiro atoms. The first-order chi connectivity index (χ1) is 14.9. The van der Waals surface area contributed by atoms with Crippen molar-refractivity contribution in [1.29, 1.82) is 0 Å². The second-order valence-corrected chi connectivity index (χ2v) is 8.44. The molecule has 5 rings (SSSR count). The Hall–Kier alpha value is -2.21. The number of fused-ring (bicyclic) bond motifs is 4. The Morgan fingerprint density at radius 2 is 1.94 bits per heavy atom. The van der Waals surface area contributed by atoms with Gasteiger partial charge in [0, 0.05) is 79.0 Å². The number of benzene rings is 3. The zero-order valence-electron chi connectivity index (χ0n) is 18.8. The molecule has 4 aromatic rings. The first-order valence-electron chi connectivity index (χ1n) is 10.2. The van der Waals surface area contributed by atoms with E-state index >= 15 is 0 Å². The van der Waals surface area contributed by atoms with Gasteiger partial charge in [0.15, 0.2) is 5.78 Å². The smallest absolute Gasteiger partial charge is 0.274 e. The monoisotopic (exact) mass is 536 g/mol. The molecule has 5 nitrogen and oxygen atoms in total. The molecule has 0 aliphatic carbocycles. The zero-order chi connectivity index (χ0) is 21.9. The Kier molecular flexibility index (Phi) is 7.37. The molecule has 0 fully saturated rings. The molecule has 167 valence electrons. The molecule has 1 radical (unpaired) electrons. The number of aromatic nitrogens is 1. The van der Waals surface area contributed by atoms with E-state index in [-0.39, 0.29) is 63.5 Å². The predicted molar refractivity (Wildman–Crippen MR) is 130 cm³/mol. The van der Waals surface area contributed by atoms with Gasteiger partial charge in [-0.3, -0.25) is 9.59 Å². The zero-order valence-corrected chi connectivity index (χ0v) is 22.4. The number of aryl methyl sites for hydroxylation is 1. The van der Waals surface area contributed by atoms with Crippen LogP contribution in [0.3, 0.4) is 0 Å². The standard InChI is InChI=1S/C25H21ClN2O3.CH3.Y/c1-13-4-3-5-18-22(30)10-21-24(23(13)18)17(11-26)12-28(21)25(31)20-9-16-8-15(14(2)29)6-7-19(16)27-20;;/h3-10,17,27,30H,11-12H2,1-2H3;1H3;/q;-1;/t17-;;/m1../s1. The molecule has 0 bridgehead atoms. The minimum atomic E-state index is -0.193. The summed E-state index contributed by atoms with van der Waals surface area (Å²) in [6.07, 6.45) is 0. The number of carbonyl (C=O) groups excluding carboxylic acids is 2. The van der Waals surface area contributed by atoms with Gasteiger partial charge in [0.1, 0.15) is 11.4 Å². The first kappa shape index (κ1) is 25.4. The van der Waals surface area contributed by atoms with Crippen LogP contribution in [0.15, 0.2) is 48.5 Å². The van der Waals surface area contributed by atoms with E-state index in [2.05, 4.69) is 4.98 Å². The van der Waals surface area contributed by atoms with E-state index in [0.29, 0.717) is 29.4 Å². The van der Waals surface area contributed by atoms with E-state index in [1.54, 1.807) is 29.2 Å². The van der Waals surface area contributed by atoms with Crippen molar-refractivity contribution in [2.24, 2.45) is 0 Å². The van der Waals surface area contributed by atoms with Crippen molar-refractivity contribution >= 4 is 50.7 Å². The van der Waals surface area contributed by atoms with Gasteiger partial charge >= 0.3 is 0 Å². The topological polar surface area (TPSA) is 73.4 Å². The number of aromatic hydroxyl groups is 1. The molecular formula is C26H24ClN2O3Y-. The maximum atomic E-state index is 13.5. The van der Waals surface area contributed by atoms with Crippen molar-refractivity contribution < 1.29 is 47.4 Å². The van der Waals surface area contributed by atoms with Crippen LogP contribution in [0.5, 0.6) is 5.75 Å². The maximum absolute atomic E-state index is 13.5. The third kappa shape index (κ3) is 4.11. The normalized spacial score (nSPS) is 14.6. The number of carbonyl (C=O) groups is 2. The summed E-state index contributed by atoms with van der Waals surface area (Å²) >= 11 is 6.32. The third-order valence-corrected chi connectivity index (χ3v) is 6.53. The summed E-state index contributed by atoms with van der Waals surface area (Å²) in [7, 11) is 0. The number of Topliss-reactive ketones (excluding diaryl/α,β-unsaturated/α-hetero) is 1. The van der Waals surface area contributed by atoms with Crippen molar-refractivity contribution in [3.05, 3.63) is 78.3 Å². The van der Waals surface area contributed by atoms with Crippen LogP contribution in [0.1, 0.15) is 44.8 Å². The summed E-state index contributed by atoms with van der Waals surface area (Å²) in [6, 6.07) is 14.6. The molecule has 2 heterocycles. The van der Waals surface area contributed by atoms with Gasteiger partial charge in [0.05, 0.1) is 5.69 Å². The number of amides is 1. The van der Waals surface area contributed by atoms with Gasteiger partial charge in [0.25, 0.3) is 5.91 Å². The van der Waals surface area contributed by atoms with Gasteiger partial charge in [0.2, 0.25) is 0 Å². The number of phenolic OH excluding ortho intramolecular Hbond substituents is 1. The summed E-state index contributed by atoms with van der Waals surface area (Å²) in [6.45, 7) is 3.97. The number of hydrogen-bond acceptors (Lipinski definition) is 3. The van der Waals surface area contributed by atoms with Crippen LogP contribution in [-0.2, 0) is 32.7 Å². The van der Waals surface area contributed by atoms with E-state index in [4.69, 9.17) is 11.6 Å². The largest absolute Gasteiger partial charge is 0.507 e. The first-order valence-corrected chi connectivity index (χ1v) is 10.7. The SMILES string of the molecule is CC(=O)c1ccc2[nH]c(C(=O)N3C[C@@H](CCl)c4c3cc(O)c3cccc(C)c43)cc2c1.[CH3-].[Y]. The number of rotatable bonds is 3. The van der Waals surface area contributed by atoms with Crippen LogP contribution >= 0.6 is 11.6 Å². The van der Waals surface area contributed by atoms with Crippen molar-refractivity contribution in [2.45, 2.75) is 19.8 Å². The van der Waals surface area contributed by atoms with Gasteiger partial charge < -0.3 is 22.4 Å². The molecule has 1 aromatic heterocycles. The second-order valence-electron chi connectivity index (χ2n) is 8.13. The Balaban J connectivity index is 0.00000153. The van der Waals surface area contributed by atoms with Gasteiger partial charge in [-0.1, -0.05) is 18.2 Å². The van der Waals surface area contributed by atoms with Crippen LogP contribution < -0.4 is 4.90 Å². The number of nitrogens with one attached hydrogen (secondary N) is 1. The number of nitrogens with zero attached hydrogens (tertiary/aromatic N) is 1. The number of halogens is 1. The molecule has 0 saturated carbocycles. The fraction of sp³-hybridized carbons (Fsp3) is 0.192. The molecule has 3 aromatic carbocycles. The number of aromatic amines is 1. The quantitative estimate of drug-likeness (QED) is 0.193. The Morgan fingerprint density at radius 3 is 2.64 bits per heavy atom.